The average Bonchev–Trinajstić information content (AvgIpc) is 2.73. The van der Waals surface area contributed by atoms with Crippen LogP contribution < -0.4 is 5.73 Å². The lowest BCUT2D eigenvalue weighted by molar-refractivity contribution is 1.36. The number of nitrogens with two attached hydrogens (primary N) is 1. The molecule has 0 bridgehead atoms. The first-order valence-electron chi connectivity index (χ1n) is 4.90. The number of nitrogen functional groups attached to an aromatic ring is 1. The second-order valence-corrected chi connectivity index (χ2v) is 4.48. The molecule has 0 aliphatic carbocycles. The molecule has 2 heterocycles. The number of benzene rings is 1. The lowest BCUT2D eigenvalue weighted by Crippen LogP contribution is -1.87. The Labute approximate surface area is 96.6 Å². The zero-order chi connectivity index (χ0) is 11.0. The minimum Gasteiger partial charge on any atom is -0.398 e. The van der Waals surface area contributed by atoms with Crippen LogP contribution in [0, 0.1) is 0 Å². The summed E-state index contributed by atoms with van der Waals surface area (Å²) in [7, 11) is 0. The van der Waals surface area contributed by atoms with Crippen molar-refractivity contribution in [3.05, 3.63) is 42.7 Å². The summed E-state index contributed by atoms with van der Waals surface area (Å²) in [6.07, 6.45) is 3.58. The molecule has 4 heteroatoms. The van der Waals surface area contributed by atoms with Gasteiger partial charge in [-0.2, -0.15) is 0 Å². The number of aromatic nitrogens is 2. The van der Waals surface area contributed by atoms with E-state index >= 15 is 0 Å². The second-order valence-electron chi connectivity index (χ2n) is 3.45. The van der Waals surface area contributed by atoms with Crippen molar-refractivity contribution >= 4 is 27.2 Å². The Bertz CT molecular complexity index is 612. The molecule has 2 N–H and O–H groups in total. The van der Waals surface area contributed by atoms with Gasteiger partial charge in [0.1, 0.15) is 5.01 Å². The summed E-state index contributed by atoms with van der Waals surface area (Å²) in [4.78, 5) is 8.62. The van der Waals surface area contributed by atoms with E-state index in [-0.39, 0.29) is 0 Å². The van der Waals surface area contributed by atoms with Crippen LogP contribution in [0.1, 0.15) is 0 Å². The third kappa shape index (κ3) is 1.44. The molecule has 16 heavy (non-hydrogen) atoms. The van der Waals surface area contributed by atoms with E-state index in [2.05, 4.69) is 9.97 Å². The highest BCUT2D eigenvalue weighted by Crippen LogP contribution is 2.32. The van der Waals surface area contributed by atoms with E-state index in [1.54, 1.807) is 17.5 Å². The van der Waals surface area contributed by atoms with Crippen molar-refractivity contribution in [2.75, 3.05) is 5.73 Å². The highest BCUT2D eigenvalue weighted by molar-refractivity contribution is 7.21. The summed E-state index contributed by atoms with van der Waals surface area (Å²) in [5, 5.41) is 0.945. The second kappa shape index (κ2) is 3.57. The summed E-state index contributed by atoms with van der Waals surface area (Å²) in [5.74, 6) is 0. The molecule has 2 aromatic heterocycles. The molecule has 0 amide bonds. The van der Waals surface area contributed by atoms with Crippen molar-refractivity contribution < 1.29 is 0 Å². The molecular formula is C12H9N3S. The quantitative estimate of drug-likeness (QED) is 0.650. The third-order valence-corrected chi connectivity index (χ3v) is 3.42. The van der Waals surface area contributed by atoms with Gasteiger partial charge < -0.3 is 5.73 Å². The molecule has 78 valence electrons. The summed E-state index contributed by atoms with van der Waals surface area (Å²) in [6.45, 7) is 0. The number of thiazole rings is 1. The number of para-hydroxylation sites is 1. The van der Waals surface area contributed by atoms with Crippen molar-refractivity contribution in [1.82, 2.24) is 9.97 Å². The van der Waals surface area contributed by atoms with E-state index in [1.807, 2.05) is 36.5 Å². The predicted octanol–water partition coefficient (Wildman–Crippen LogP) is 2.94. The molecule has 1 aromatic carbocycles. The number of hydrogen-bond donors (Lipinski definition) is 1. The van der Waals surface area contributed by atoms with Gasteiger partial charge in [-0.3, -0.25) is 4.98 Å². The Morgan fingerprint density at radius 1 is 1.12 bits per heavy atom. The number of anilines is 1. The number of rotatable bonds is 1. The van der Waals surface area contributed by atoms with Gasteiger partial charge in [-0.15, -0.1) is 11.3 Å². The van der Waals surface area contributed by atoms with Crippen LogP contribution in [0.25, 0.3) is 20.8 Å². The molecule has 3 rings (SSSR count). The van der Waals surface area contributed by atoms with Crippen molar-refractivity contribution in [2.24, 2.45) is 0 Å². The van der Waals surface area contributed by atoms with Crippen LogP contribution >= 0.6 is 11.3 Å². The van der Waals surface area contributed by atoms with Gasteiger partial charge >= 0.3 is 0 Å². The molecule has 3 nitrogen and oxygen atoms in total. The van der Waals surface area contributed by atoms with Gasteiger partial charge in [0, 0.05) is 23.6 Å². The van der Waals surface area contributed by atoms with E-state index in [0.717, 1.165) is 26.5 Å². The molecule has 0 spiro atoms. The summed E-state index contributed by atoms with van der Waals surface area (Å²) in [5.41, 5.74) is 8.64. The fraction of sp³-hybridized carbons (Fsp3) is 0. The summed E-state index contributed by atoms with van der Waals surface area (Å²) in [6, 6.07) is 9.68. The maximum Gasteiger partial charge on any atom is 0.126 e. The lowest BCUT2D eigenvalue weighted by atomic mass is 10.2. The van der Waals surface area contributed by atoms with Crippen molar-refractivity contribution in [1.29, 1.82) is 0 Å². The Hall–Kier alpha value is -1.94. The molecular weight excluding hydrogens is 218 g/mol. The van der Waals surface area contributed by atoms with Crippen LogP contribution in [0.4, 0.5) is 5.69 Å². The standard InChI is InChI=1S/C12H9N3S/c13-9-4-2-1-3-8(9)12-15-10-5-6-14-7-11(10)16-12/h1-7H,13H2. The van der Waals surface area contributed by atoms with Crippen molar-refractivity contribution in [3.63, 3.8) is 0 Å². The van der Waals surface area contributed by atoms with E-state index < -0.39 is 0 Å². The summed E-state index contributed by atoms with van der Waals surface area (Å²) >= 11 is 1.61. The normalized spacial score (nSPS) is 10.8. The van der Waals surface area contributed by atoms with E-state index in [0.29, 0.717) is 0 Å². The van der Waals surface area contributed by atoms with Crippen LogP contribution in [-0.4, -0.2) is 9.97 Å². The molecule has 0 saturated heterocycles. The number of pyridine rings is 1. The van der Waals surface area contributed by atoms with E-state index in [9.17, 15) is 0 Å². The lowest BCUT2D eigenvalue weighted by Gasteiger charge is -1.99. The smallest absolute Gasteiger partial charge is 0.126 e. The molecule has 0 atom stereocenters. The maximum absolute atomic E-state index is 5.93. The first-order chi connectivity index (χ1) is 7.84. The Morgan fingerprint density at radius 2 is 2.00 bits per heavy atom. The van der Waals surface area contributed by atoms with Crippen LogP contribution in [0.2, 0.25) is 0 Å². The van der Waals surface area contributed by atoms with Crippen LogP contribution in [0.5, 0.6) is 0 Å². The highest BCUT2D eigenvalue weighted by atomic mass is 32.1. The van der Waals surface area contributed by atoms with E-state index in [4.69, 9.17) is 5.73 Å². The Balaban J connectivity index is 2.23. The van der Waals surface area contributed by atoms with Crippen LogP contribution in [0.3, 0.4) is 0 Å². The van der Waals surface area contributed by atoms with Crippen LogP contribution in [0.15, 0.2) is 42.7 Å². The fourth-order valence-electron chi connectivity index (χ4n) is 1.59. The first kappa shape index (κ1) is 9.30. The van der Waals surface area contributed by atoms with Gasteiger partial charge in [-0.25, -0.2) is 4.98 Å². The molecule has 0 fully saturated rings. The minimum atomic E-state index is 0.759. The largest absolute Gasteiger partial charge is 0.398 e. The zero-order valence-corrected chi connectivity index (χ0v) is 9.24. The van der Waals surface area contributed by atoms with Crippen LogP contribution in [-0.2, 0) is 0 Å². The zero-order valence-electron chi connectivity index (χ0n) is 8.42. The molecule has 0 radical (unpaired) electrons. The Morgan fingerprint density at radius 3 is 2.81 bits per heavy atom. The topological polar surface area (TPSA) is 51.8 Å². The predicted molar refractivity (Wildman–Crippen MR) is 67.3 cm³/mol. The van der Waals surface area contributed by atoms with Gasteiger partial charge in [-0.05, 0) is 18.2 Å². The molecule has 0 unspecified atom stereocenters. The average molecular weight is 227 g/mol. The Kier molecular flexibility index (Phi) is 2.08. The third-order valence-electron chi connectivity index (χ3n) is 2.38. The fourth-order valence-corrected chi connectivity index (χ4v) is 2.57. The first-order valence-corrected chi connectivity index (χ1v) is 5.72. The number of fused-ring (bicyclic) bond motifs is 1. The maximum atomic E-state index is 5.93. The van der Waals surface area contributed by atoms with E-state index in [1.165, 1.54) is 0 Å². The molecule has 3 aromatic rings. The minimum absolute atomic E-state index is 0.759. The van der Waals surface area contributed by atoms with Crippen molar-refractivity contribution in [3.8, 4) is 10.6 Å². The monoisotopic (exact) mass is 227 g/mol. The molecule has 0 aliphatic rings. The van der Waals surface area contributed by atoms with Gasteiger partial charge in [0.25, 0.3) is 0 Å². The van der Waals surface area contributed by atoms with Gasteiger partial charge in [0.15, 0.2) is 0 Å². The summed E-state index contributed by atoms with van der Waals surface area (Å²) < 4.78 is 1.08. The molecule has 0 aliphatic heterocycles. The number of nitrogens with zero attached hydrogens (tertiary/aromatic N) is 2. The number of hydrogen-bond acceptors (Lipinski definition) is 4. The van der Waals surface area contributed by atoms with Crippen molar-refractivity contribution in [2.45, 2.75) is 0 Å². The molecule has 0 saturated carbocycles. The SMILES string of the molecule is Nc1ccccc1-c1nc2ccncc2s1. The highest BCUT2D eigenvalue weighted by Gasteiger charge is 2.07. The van der Waals surface area contributed by atoms with Gasteiger partial charge in [-0.1, -0.05) is 12.1 Å². The van der Waals surface area contributed by atoms with Gasteiger partial charge in [0.05, 0.1) is 10.2 Å². The van der Waals surface area contributed by atoms with Gasteiger partial charge in [0.2, 0.25) is 0 Å².